The van der Waals surface area contributed by atoms with E-state index < -0.39 is 0 Å². The molecule has 1 aromatic carbocycles. The van der Waals surface area contributed by atoms with E-state index in [9.17, 15) is 0 Å². The van der Waals surface area contributed by atoms with Gasteiger partial charge in [0.05, 0.1) is 0 Å². The molecule has 1 rings (SSSR count). The van der Waals surface area contributed by atoms with Gasteiger partial charge in [-0.15, -0.1) is 0 Å². The van der Waals surface area contributed by atoms with Crippen LogP contribution in [-0.2, 0) is 6.54 Å². The van der Waals surface area contributed by atoms with Crippen molar-refractivity contribution in [3.8, 4) is 0 Å². The largest absolute Gasteiger partial charge is 0.385 e. The summed E-state index contributed by atoms with van der Waals surface area (Å²) in [5.41, 5.74) is 2.63. The van der Waals surface area contributed by atoms with Crippen molar-refractivity contribution in [1.29, 1.82) is 0 Å². The summed E-state index contributed by atoms with van der Waals surface area (Å²) < 4.78 is 0. The summed E-state index contributed by atoms with van der Waals surface area (Å²) >= 11 is 0. The molecule has 0 saturated heterocycles. The van der Waals surface area contributed by atoms with Crippen LogP contribution in [-0.4, -0.2) is 24.5 Å². The smallest absolute Gasteiger partial charge is 0.0340 e. The number of nitrogens with zero attached hydrogens (tertiary/aromatic N) is 1. The SMILES string of the molecule is CCN(CC)Cc1ccc(NCCC(C)C)cc1. The minimum atomic E-state index is 0.763. The van der Waals surface area contributed by atoms with Gasteiger partial charge < -0.3 is 5.32 Å². The zero-order chi connectivity index (χ0) is 13.4. The van der Waals surface area contributed by atoms with Gasteiger partial charge in [-0.25, -0.2) is 0 Å². The van der Waals surface area contributed by atoms with E-state index in [4.69, 9.17) is 0 Å². The predicted molar refractivity (Wildman–Crippen MR) is 81.0 cm³/mol. The summed E-state index contributed by atoms with van der Waals surface area (Å²) in [4.78, 5) is 2.43. The molecule has 18 heavy (non-hydrogen) atoms. The van der Waals surface area contributed by atoms with Crippen molar-refractivity contribution in [2.45, 2.75) is 40.7 Å². The van der Waals surface area contributed by atoms with E-state index >= 15 is 0 Å². The highest BCUT2D eigenvalue weighted by atomic mass is 15.1. The maximum absolute atomic E-state index is 3.47. The first-order valence-corrected chi connectivity index (χ1v) is 7.20. The van der Waals surface area contributed by atoms with Crippen LogP contribution in [0.15, 0.2) is 24.3 Å². The van der Waals surface area contributed by atoms with Gasteiger partial charge in [0.25, 0.3) is 0 Å². The Kier molecular flexibility index (Phi) is 6.81. The van der Waals surface area contributed by atoms with Gasteiger partial charge in [0.2, 0.25) is 0 Å². The summed E-state index contributed by atoms with van der Waals surface area (Å²) in [6, 6.07) is 8.85. The maximum atomic E-state index is 3.47. The van der Waals surface area contributed by atoms with E-state index in [2.05, 4.69) is 62.2 Å². The molecular formula is C16H28N2. The first-order chi connectivity index (χ1) is 8.65. The molecule has 1 aromatic rings. The van der Waals surface area contributed by atoms with Crippen molar-refractivity contribution in [3.63, 3.8) is 0 Å². The molecule has 102 valence electrons. The summed E-state index contributed by atoms with van der Waals surface area (Å²) in [6.07, 6.45) is 1.22. The minimum absolute atomic E-state index is 0.763. The van der Waals surface area contributed by atoms with Crippen LogP contribution < -0.4 is 5.32 Å². The van der Waals surface area contributed by atoms with E-state index in [1.807, 2.05) is 0 Å². The molecule has 0 aromatic heterocycles. The monoisotopic (exact) mass is 248 g/mol. The van der Waals surface area contributed by atoms with Gasteiger partial charge in [-0.1, -0.05) is 39.8 Å². The number of anilines is 1. The molecule has 0 aliphatic carbocycles. The fourth-order valence-corrected chi connectivity index (χ4v) is 1.94. The van der Waals surface area contributed by atoms with E-state index in [1.165, 1.54) is 17.7 Å². The normalized spacial score (nSPS) is 11.2. The maximum Gasteiger partial charge on any atom is 0.0340 e. The molecule has 0 aliphatic heterocycles. The highest BCUT2D eigenvalue weighted by Crippen LogP contribution is 2.12. The molecule has 0 saturated carbocycles. The third kappa shape index (κ3) is 5.54. The van der Waals surface area contributed by atoms with Gasteiger partial charge in [-0.05, 0) is 43.1 Å². The number of nitrogens with one attached hydrogen (secondary N) is 1. The van der Waals surface area contributed by atoms with Gasteiger partial charge in [-0.2, -0.15) is 0 Å². The molecule has 0 heterocycles. The Hall–Kier alpha value is -1.02. The lowest BCUT2D eigenvalue weighted by Gasteiger charge is -2.18. The average Bonchev–Trinajstić information content (AvgIpc) is 2.37. The highest BCUT2D eigenvalue weighted by Gasteiger charge is 2.01. The molecule has 0 atom stereocenters. The van der Waals surface area contributed by atoms with Crippen molar-refractivity contribution in [2.75, 3.05) is 25.0 Å². The average molecular weight is 248 g/mol. The zero-order valence-electron chi connectivity index (χ0n) is 12.4. The van der Waals surface area contributed by atoms with Crippen molar-refractivity contribution in [2.24, 2.45) is 5.92 Å². The lowest BCUT2D eigenvalue weighted by atomic mass is 10.1. The molecule has 0 aliphatic rings. The Morgan fingerprint density at radius 3 is 2.17 bits per heavy atom. The van der Waals surface area contributed by atoms with Crippen LogP contribution in [0.5, 0.6) is 0 Å². The lowest BCUT2D eigenvalue weighted by Crippen LogP contribution is -2.22. The van der Waals surface area contributed by atoms with Crippen molar-refractivity contribution >= 4 is 5.69 Å². The second-order valence-corrected chi connectivity index (χ2v) is 5.27. The Balaban J connectivity index is 2.42. The quantitative estimate of drug-likeness (QED) is 0.748. The summed E-state index contributed by atoms with van der Waals surface area (Å²) in [5.74, 6) is 0.763. The second-order valence-electron chi connectivity index (χ2n) is 5.27. The van der Waals surface area contributed by atoms with Gasteiger partial charge >= 0.3 is 0 Å². The molecule has 0 spiro atoms. The Labute approximate surface area is 112 Å². The predicted octanol–water partition coefficient (Wildman–Crippen LogP) is 3.99. The first-order valence-electron chi connectivity index (χ1n) is 7.20. The lowest BCUT2D eigenvalue weighted by molar-refractivity contribution is 0.296. The van der Waals surface area contributed by atoms with Crippen LogP contribution in [0.1, 0.15) is 39.7 Å². The highest BCUT2D eigenvalue weighted by molar-refractivity contribution is 5.44. The Morgan fingerprint density at radius 2 is 1.67 bits per heavy atom. The number of hydrogen-bond acceptors (Lipinski definition) is 2. The number of hydrogen-bond donors (Lipinski definition) is 1. The van der Waals surface area contributed by atoms with Gasteiger partial charge in [0.15, 0.2) is 0 Å². The van der Waals surface area contributed by atoms with Crippen LogP contribution >= 0.6 is 0 Å². The standard InChI is InChI=1S/C16H28N2/c1-5-18(6-2)13-15-7-9-16(10-8-15)17-12-11-14(3)4/h7-10,14,17H,5-6,11-13H2,1-4H3. The van der Waals surface area contributed by atoms with Crippen LogP contribution in [0.25, 0.3) is 0 Å². The molecule has 0 amide bonds. The summed E-state index contributed by atoms with van der Waals surface area (Å²) in [5, 5.41) is 3.47. The molecule has 2 heteroatoms. The molecule has 2 nitrogen and oxygen atoms in total. The van der Waals surface area contributed by atoms with Crippen LogP contribution in [0.3, 0.4) is 0 Å². The summed E-state index contributed by atoms with van der Waals surface area (Å²) in [7, 11) is 0. The van der Waals surface area contributed by atoms with E-state index in [0.717, 1.165) is 32.1 Å². The fourth-order valence-electron chi connectivity index (χ4n) is 1.94. The molecule has 0 bridgehead atoms. The van der Waals surface area contributed by atoms with Gasteiger partial charge in [-0.3, -0.25) is 4.90 Å². The zero-order valence-corrected chi connectivity index (χ0v) is 12.4. The van der Waals surface area contributed by atoms with Crippen molar-refractivity contribution in [3.05, 3.63) is 29.8 Å². The second kappa shape index (κ2) is 8.15. The third-order valence-electron chi connectivity index (χ3n) is 3.31. The topological polar surface area (TPSA) is 15.3 Å². The molecular weight excluding hydrogens is 220 g/mol. The van der Waals surface area contributed by atoms with E-state index in [0.29, 0.717) is 0 Å². The van der Waals surface area contributed by atoms with Crippen molar-refractivity contribution < 1.29 is 0 Å². The van der Waals surface area contributed by atoms with Gasteiger partial charge in [0.1, 0.15) is 0 Å². The first kappa shape index (κ1) is 15.0. The Bertz CT molecular complexity index is 312. The van der Waals surface area contributed by atoms with Crippen LogP contribution in [0.4, 0.5) is 5.69 Å². The minimum Gasteiger partial charge on any atom is -0.385 e. The number of benzene rings is 1. The third-order valence-corrected chi connectivity index (χ3v) is 3.31. The van der Waals surface area contributed by atoms with E-state index in [-0.39, 0.29) is 0 Å². The Morgan fingerprint density at radius 1 is 1.06 bits per heavy atom. The van der Waals surface area contributed by atoms with Crippen LogP contribution in [0.2, 0.25) is 0 Å². The fraction of sp³-hybridized carbons (Fsp3) is 0.625. The van der Waals surface area contributed by atoms with Crippen molar-refractivity contribution in [1.82, 2.24) is 4.90 Å². The molecule has 0 fully saturated rings. The molecule has 0 unspecified atom stereocenters. The van der Waals surface area contributed by atoms with Crippen LogP contribution in [0, 0.1) is 5.92 Å². The van der Waals surface area contributed by atoms with Gasteiger partial charge in [0, 0.05) is 18.8 Å². The van der Waals surface area contributed by atoms with E-state index in [1.54, 1.807) is 0 Å². The molecule has 1 N–H and O–H groups in total. The molecule has 0 radical (unpaired) electrons. The number of rotatable bonds is 8. The summed E-state index contributed by atoms with van der Waals surface area (Å²) in [6.45, 7) is 13.3.